The lowest BCUT2D eigenvalue weighted by Gasteiger charge is -2.47. The quantitative estimate of drug-likeness (QED) is 0.611. The molecule has 2 aliphatic rings. The van der Waals surface area contributed by atoms with Crippen molar-refractivity contribution >= 4 is 5.91 Å². The molecular formula is C12H21NO2. The van der Waals surface area contributed by atoms with E-state index < -0.39 is 0 Å². The highest BCUT2D eigenvalue weighted by Gasteiger charge is 2.41. The number of carbonyl (C=O) groups excluding carboxylic acids is 1. The minimum Gasteiger partial charge on any atom is -0.377 e. The number of hydrogen-bond donors (Lipinski definition) is 0. The molecule has 15 heavy (non-hydrogen) atoms. The first-order chi connectivity index (χ1) is 7.00. The third-order valence-corrected chi connectivity index (χ3v) is 3.36. The largest absolute Gasteiger partial charge is 0.377 e. The maximum Gasteiger partial charge on any atom is 0.228 e. The van der Waals surface area contributed by atoms with Gasteiger partial charge < -0.3 is 9.64 Å². The Kier molecular flexibility index (Phi) is 2.75. The van der Waals surface area contributed by atoms with Crippen LogP contribution < -0.4 is 0 Å². The maximum absolute atomic E-state index is 12.3. The maximum atomic E-state index is 12.3. The van der Waals surface area contributed by atoms with Gasteiger partial charge >= 0.3 is 0 Å². The number of rotatable bonds is 0. The van der Waals surface area contributed by atoms with Gasteiger partial charge in [-0.2, -0.15) is 0 Å². The van der Waals surface area contributed by atoms with E-state index >= 15 is 0 Å². The monoisotopic (exact) mass is 211 g/mol. The zero-order valence-corrected chi connectivity index (χ0v) is 9.95. The fourth-order valence-electron chi connectivity index (χ4n) is 2.55. The summed E-state index contributed by atoms with van der Waals surface area (Å²) in [5.74, 6) is 0.292. The Morgan fingerprint density at radius 3 is 2.20 bits per heavy atom. The molecule has 2 bridgehead atoms. The first kappa shape index (κ1) is 10.9. The van der Waals surface area contributed by atoms with Gasteiger partial charge in [0.15, 0.2) is 0 Å². The SMILES string of the molecule is CC(C)(C)C(=O)N1[C@@H]2CCC[C@H]1COC2. The highest BCUT2D eigenvalue weighted by molar-refractivity contribution is 5.82. The van der Waals surface area contributed by atoms with Crippen molar-refractivity contribution in [1.82, 2.24) is 4.90 Å². The van der Waals surface area contributed by atoms with E-state index in [1.165, 1.54) is 6.42 Å². The summed E-state index contributed by atoms with van der Waals surface area (Å²) >= 11 is 0. The Morgan fingerprint density at radius 1 is 1.20 bits per heavy atom. The molecular weight excluding hydrogens is 190 g/mol. The molecule has 2 rings (SSSR count). The van der Waals surface area contributed by atoms with Crippen molar-refractivity contribution in [3.63, 3.8) is 0 Å². The molecule has 2 atom stereocenters. The van der Waals surface area contributed by atoms with Gasteiger partial charge in [0, 0.05) is 5.41 Å². The van der Waals surface area contributed by atoms with E-state index in [0.29, 0.717) is 18.0 Å². The van der Waals surface area contributed by atoms with E-state index in [1.54, 1.807) is 0 Å². The molecule has 0 aromatic carbocycles. The summed E-state index contributed by atoms with van der Waals surface area (Å²) < 4.78 is 5.54. The van der Waals surface area contributed by atoms with Gasteiger partial charge in [-0.1, -0.05) is 20.8 Å². The fraction of sp³-hybridized carbons (Fsp3) is 0.917. The van der Waals surface area contributed by atoms with Crippen LogP contribution in [0.15, 0.2) is 0 Å². The Bertz CT molecular complexity index is 235. The minimum absolute atomic E-state index is 0.259. The van der Waals surface area contributed by atoms with Crippen LogP contribution in [-0.2, 0) is 9.53 Å². The zero-order chi connectivity index (χ0) is 11.1. The third kappa shape index (κ3) is 2.03. The van der Waals surface area contributed by atoms with E-state index in [0.717, 1.165) is 26.1 Å². The standard InChI is InChI=1S/C12H21NO2/c1-12(2,3)11(14)13-9-5-4-6-10(13)8-15-7-9/h9-10H,4-8H2,1-3H3/t9-,10+. The van der Waals surface area contributed by atoms with Crippen LogP contribution in [0.2, 0.25) is 0 Å². The molecule has 2 saturated heterocycles. The van der Waals surface area contributed by atoms with Crippen molar-refractivity contribution in [3.8, 4) is 0 Å². The Labute approximate surface area is 91.8 Å². The van der Waals surface area contributed by atoms with Gasteiger partial charge in [0.05, 0.1) is 25.3 Å². The van der Waals surface area contributed by atoms with Crippen LogP contribution in [0, 0.1) is 5.41 Å². The summed E-state index contributed by atoms with van der Waals surface area (Å²) in [7, 11) is 0. The van der Waals surface area contributed by atoms with Crippen LogP contribution in [0.4, 0.5) is 0 Å². The van der Waals surface area contributed by atoms with Crippen molar-refractivity contribution in [2.24, 2.45) is 5.41 Å². The molecule has 2 aliphatic heterocycles. The number of piperidine rings is 1. The summed E-state index contributed by atoms with van der Waals surface area (Å²) in [6.45, 7) is 7.47. The predicted molar refractivity (Wildman–Crippen MR) is 58.5 cm³/mol. The van der Waals surface area contributed by atoms with Crippen LogP contribution in [-0.4, -0.2) is 36.1 Å². The lowest BCUT2D eigenvalue weighted by atomic mass is 9.88. The van der Waals surface area contributed by atoms with E-state index in [9.17, 15) is 4.79 Å². The molecule has 0 aromatic rings. The van der Waals surface area contributed by atoms with Gasteiger partial charge in [0.25, 0.3) is 0 Å². The molecule has 3 heteroatoms. The van der Waals surface area contributed by atoms with Crippen LogP contribution in [0.25, 0.3) is 0 Å². The molecule has 1 amide bonds. The highest BCUT2D eigenvalue weighted by atomic mass is 16.5. The van der Waals surface area contributed by atoms with Gasteiger partial charge in [0.2, 0.25) is 5.91 Å². The number of morpholine rings is 1. The summed E-state index contributed by atoms with van der Waals surface area (Å²) in [4.78, 5) is 14.4. The molecule has 0 aliphatic carbocycles. The average molecular weight is 211 g/mol. The molecule has 0 radical (unpaired) electrons. The summed E-state index contributed by atoms with van der Waals surface area (Å²) in [5, 5.41) is 0. The molecule has 2 heterocycles. The van der Waals surface area contributed by atoms with Gasteiger partial charge in [0.1, 0.15) is 0 Å². The molecule has 0 saturated carbocycles. The van der Waals surface area contributed by atoms with Crippen LogP contribution >= 0.6 is 0 Å². The second-order valence-corrected chi connectivity index (χ2v) is 5.74. The third-order valence-electron chi connectivity index (χ3n) is 3.36. The van der Waals surface area contributed by atoms with Crippen LogP contribution in [0.1, 0.15) is 40.0 Å². The first-order valence-electron chi connectivity index (χ1n) is 5.90. The van der Waals surface area contributed by atoms with Gasteiger partial charge in [-0.25, -0.2) is 0 Å². The van der Waals surface area contributed by atoms with E-state index in [2.05, 4.69) is 4.90 Å². The van der Waals surface area contributed by atoms with Crippen molar-refractivity contribution in [2.75, 3.05) is 13.2 Å². The average Bonchev–Trinajstić information content (AvgIpc) is 2.14. The molecule has 0 N–H and O–H groups in total. The van der Waals surface area contributed by atoms with E-state index in [4.69, 9.17) is 4.74 Å². The summed E-state index contributed by atoms with van der Waals surface area (Å²) in [5.41, 5.74) is -0.259. The van der Waals surface area contributed by atoms with E-state index in [-0.39, 0.29) is 5.41 Å². The van der Waals surface area contributed by atoms with Gasteiger partial charge in [-0.15, -0.1) is 0 Å². The van der Waals surface area contributed by atoms with Gasteiger partial charge in [-0.05, 0) is 19.3 Å². The number of carbonyl (C=O) groups is 1. The zero-order valence-electron chi connectivity index (χ0n) is 9.95. The molecule has 0 spiro atoms. The lowest BCUT2D eigenvalue weighted by Crippen LogP contribution is -2.59. The smallest absolute Gasteiger partial charge is 0.228 e. The van der Waals surface area contributed by atoms with Crippen molar-refractivity contribution in [1.29, 1.82) is 0 Å². The van der Waals surface area contributed by atoms with Crippen molar-refractivity contribution in [3.05, 3.63) is 0 Å². The first-order valence-corrected chi connectivity index (χ1v) is 5.90. The normalized spacial score (nSPS) is 31.5. The predicted octanol–water partition coefficient (Wildman–Crippen LogP) is 1.81. The second-order valence-electron chi connectivity index (χ2n) is 5.74. The molecule has 3 nitrogen and oxygen atoms in total. The molecule has 2 fully saturated rings. The van der Waals surface area contributed by atoms with Crippen molar-refractivity contribution in [2.45, 2.75) is 52.1 Å². The Hall–Kier alpha value is -0.570. The van der Waals surface area contributed by atoms with E-state index in [1.807, 2.05) is 20.8 Å². The molecule has 0 aromatic heterocycles. The molecule has 86 valence electrons. The van der Waals surface area contributed by atoms with Gasteiger partial charge in [-0.3, -0.25) is 4.79 Å². The number of nitrogens with zero attached hydrogens (tertiary/aromatic N) is 1. The fourth-order valence-corrected chi connectivity index (χ4v) is 2.55. The minimum atomic E-state index is -0.259. The topological polar surface area (TPSA) is 29.5 Å². The summed E-state index contributed by atoms with van der Waals surface area (Å²) in [6.07, 6.45) is 3.46. The Balaban J connectivity index is 2.16. The molecule has 0 unspecified atom stereocenters. The number of amides is 1. The number of hydrogen-bond acceptors (Lipinski definition) is 2. The number of fused-ring (bicyclic) bond motifs is 2. The van der Waals surface area contributed by atoms with Crippen molar-refractivity contribution < 1.29 is 9.53 Å². The highest BCUT2D eigenvalue weighted by Crippen LogP contribution is 2.31. The second kappa shape index (κ2) is 3.78. The Morgan fingerprint density at radius 2 is 1.73 bits per heavy atom. The summed E-state index contributed by atoms with van der Waals surface area (Å²) in [6, 6.07) is 0.674. The van der Waals surface area contributed by atoms with Crippen LogP contribution in [0.3, 0.4) is 0 Å². The lowest BCUT2D eigenvalue weighted by molar-refractivity contribution is -0.158. The van der Waals surface area contributed by atoms with Crippen LogP contribution in [0.5, 0.6) is 0 Å². The number of ether oxygens (including phenoxy) is 1.